The summed E-state index contributed by atoms with van der Waals surface area (Å²) in [6, 6.07) is 25.2. The van der Waals surface area contributed by atoms with E-state index in [0.717, 1.165) is 27.2 Å². The lowest BCUT2D eigenvalue weighted by atomic mass is 10.0. The zero-order valence-corrected chi connectivity index (χ0v) is 12.3. The number of phenols is 1. The minimum atomic E-state index is 0.222. The van der Waals surface area contributed by atoms with Crippen LogP contribution in [0.15, 0.2) is 89.1 Å². The zero-order valence-electron chi connectivity index (χ0n) is 12.3. The summed E-state index contributed by atoms with van der Waals surface area (Å²) in [7, 11) is 0. The molecule has 3 nitrogen and oxygen atoms in total. The Morgan fingerprint density at radius 2 is 1.17 bits per heavy atom. The van der Waals surface area contributed by atoms with Crippen LogP contribution in [0.4, 0.5) is 11.4 Å². The van der Waals surface area contributed by atoms with Crippen molar-refractivity contribution in [2.24, 2.45) is 10.2 Å². The summed E-state index contributed by atoms with van der Waals surface area (Å²) in [5.74, 6) is 0.222. The van der Waals surface area contributed by atoms with Gasteiger partial charge in [-0.3, -0.25) is 0 Å². The predicted octanol–water partition coefficient (Wildman–Crippen LogP) is 6.11. The Labute approximate surface area is 133 Å². The van der Waals surface area contributed by atoms with Gasteiger partial charge in [-0.2, -0.15) is 5.11 Å². The van der Waals surface area contributed by atoms with Crippen LogP contribution in [0, 0.1) is 0 Å². The molecule has 0 saturated heterocycles. The molecule has 0 spiro atoms. The van der Waals surface area contributed by atoms with E-state index in [1.807, 2.05) is 24.3 Å². The number of nitrogens with zero attached hydrogens (tertiary/aromatic N) is 2. The van der Waals surface area contributed by atoms with E-state index >= 15 is 0 Å². The van der Waals surface area contributed by atoms with Gasteiger partial charge >= 0.3 is 0 Å². The van der Waals surface area contributed by atoms with Crippen molar-refractivity contribution < 1.29 is 5.11 Å². The van der Waals surface area contributed by atoms with Gasteiger partial charge in [-0.15, -0.1) is 5.11 Å². The van der Waals surface area contributed by atoms with Crippen molar-refractivity contribution in [1.82, 2.24) is 0 Å². The molecule has 4 aromatic carbocycles. The van der Waals surface area contributed by atoms with Crippen molar-refractivity contribution in [3.63, 3.8) is 0 Å². The number of fused-ring (bicyclic) bond motifs is 2. The van der Waals surface area contributed by atoms with Gasteiger partial charge in [0.15, 0.2) is 0 Å². The predicted molar refractivity (Wildman–Crippen MR) is 93.7 cm³/mol. The van der Waals surface area contributed by atoms with E-state index in [1.54, 1.807) is 24.3 Å². The first-order chi connectivity index (χ1) is 11.3. The van der Waals surface area contributed by atoms with Gasteiger partial charge in [0.2, 0.25) is 0 Å². The fourth-order valence-corrected chi connectivity index (χ4v) is 2.72. The molecular weight excluding hydrogens is 284 g/mol. The van der Waals surface area contributed by atoms with Gasteiger partial charge in [0.25, 0.3) is 0 Å². The summed E-state index contributed by atoms with van der Waals surface area (Å²) in [5.41, 5.74) is 1.58. The Balaban J connectivity index is 1.93. The van der Waals surface area contributed by atoms with Gasteiger partial charge in [-0.25, -0.2) is 0 Å². The standard InChI is InChI=1S/C20H14N2O/c23-17-11-9-16(10-12-17)21-22-20-18-7-3-1-5-14(18)13-15-6-2-4-8-19(15)20/h1-13,23H. The molecule has 0 saturated carbocycles. The summed E-state index contributed by atoms with van der Waals surface area (Å²) in [4.78, 5) is 0. The van der Waals surface area contributed by atoms with Crippen molar-refractivity contribution in [1.29, 1.82) is 0 Å². The Bertz CT molecular complexity index is 967. The molecule has 23 heavy (non-hydrogen) atoms. The van der Waals surface area contributed by atoms with E-state index in [9.17, 15) is 5.11 Å². The molecule has 0 aliphatic carbocycles. The number of benzene rings is 4. The van der Waals surface area contributed by atoms with Gasteiger partial charge in [0.1, 0.15) is 11.4 Å². The summed E-state index contributed by atoms with van der Waals surface area (Å²) < 4.78 is 0. The second kappa shape index (κ2) is 5.54. The smallest absolute Gasteiger partial charge is 0.115 e. The first-order valence-corrected chi connectivity index (χ1v) is 7.42. The molecule has 0 atom stereocenters. The molecule has 0 fully saturated rings. The minimum absolute atomic E-state index is 0.222. The Kier molecular flexibility index (Phi) is 3.24. The van der Waals surface area contributed by atoms with Crippen LogP contribution in [0.2, 0.25) is 0 Å². The van der Waals surface area contributed by atoms with Crippen molar-refractivity contribution >= 4 is 32.9 Å². The third kappa shape index (κ3) is 2.53. The average Bonchev–Trinajstić information content (AvgIpc) is 2.60. The Morgan fingerprint density at radius 1 is 0.609 bits per heavy atom. The highest BCUT2D eigenvalue weighted by atomic mass is 16.3. The molecular formula is C20H14N2O. The number of azo groups is 1. The molecule has 0 aliphatic heterocycles. The van der Waals surface area contributed by atoms with E-state index in [-0.39, 0.29) is 5.75 Å². The van der Waals surface area contributed by atoms with Crippen molar-refractivity contribution in [3.05, 3.63) is 78.9 Å². The van der Waals surface area contributed by atoms with Gasteiger partial charge in [0.05, 0.1) is 5.69 Å². The first-order valence-electron chi connectivity index (χ1n) is 7.42. The quantitative estimate of drug-likeness (QED) is 0.352. The fourth-order valence-electron chi connectivity index (χ4n) is 2.72. The molecule has 4 aromatic rings. The van der Waals surface area contributed by atoms with E-state index in [4.69, 9.17) is 0 Å². The van der Waals surface area contributed by atoms with Crippen LogP contribution >= 0.6 is 0 Å². The van der Waals surface area contributed by atoms with Crippen LogP contribution in [-0.4, -0.2) is 5.11 Å². The Hall–Kier alpha value is -3.20. The highest BCUT2D eigenvalue weighted by molar-refractivity contribution is 6.09. The molecule has 0 aliphatic rings. The third-order valence-corrected chi connectivity index (χ3v) is 3.86. The fraction of sp³-hybridized carbons (Fsp3) is 0. The monoisotopic (exact) mass is 298 g/mol. The lowest BCUT2D eigenvalue weighted by Gasteiger charge is -2.06. The van der Waals surface area contributed by atoms with Crippen LogP contribution in [0.25, 0.3) is 21.5 Å². The number of hydrogen-bond donors (Lipinski definition) is 1. The highest BCUT2D eigenvalue weighted by Crippen LogP contribution is 2.36. The van der Waals surface area contributed by atoms with E-state index in [2.05, 4.69) is 40.6 Å². The highest BCUT2D eigenvalue weighted by Gasteiger charge is 2.06. The maximum absolute atomic E-state index is 9.35. The van der Waals surface area contributed by atoms with Crippen LogP contribution < -0.4 is 0 Å². The summed E-state index contributed by atoms with van der Waals surface area (Å²) in [5, 5.41) is 22.6. The lowest BCUT2D eigenvalue weighted by molar-refractivity contribution is 0.475. The molecule has 0 amide bonds. The normalized spacial score (nSPS) is 11.5. The summed E-state index contributed by atoms with van der Waals surface area (Å²) >= 11 is 0. The van der Waals surface area contributed by atoms with Crippen molar-refractivity contribution in [2.75, 3.05) is 0 Å². The van der Waals surface area contributed by atoms with Crippen LogP contribution in [0.5, 0.6) is 5.75 Å². The van der Waals surface area contributed by atoms with Crippen molar-refractivity contribution in [2.45, 2.75) is 0 Å². The summed E-state index contributed by atoms with van der Waals surface area (Å²) in [6.45, 7) is 0. The van der Waals surface area contributed by atoms with Gasteiger partial charge in [0, 0.05) is 10.8 Å². The van der Waals surface area contributed by atoms with E-state index in [0.29, 0.717) is 5.69 Å². The largest absolute Gasteiger partial charge is 0.508 e. The molecule has 110 valence electrons. The van der Waals surface area contributed by atoms with Crippen molar-refractivity contribution in [3.8, 4) is 5.75 Å². The van der Waals surface area contributed by atoms with Crippen LogP contribution in [-0.2, 0) is 0 Å². The minimum Gasteiger partial charge on any atom is -0.508 e. The number of hydrogen-bond acceptors (Lipinski definition) is 3. The van der Waals surface area contributed by atoms with Gasteiger partial charge < -0.3 is 5.11 Å². The maximum Gasteiger partial charge on any atom is 0.115 e. The van der Waals surface area contributed by atoms with E-state index in [1.165, 1.54) is 0 Å². The van der Waals surface area contributed by atoms with Crippen LogP contribution in [0.1, 0.15) is 0 Å². The molecule has 0 bridgehead atoms. The molecule has 0 heterocycles. The third-order valence-electron chi connectivity index (χ3n) is 3.86. The summed E-state index contributed by atoms with van der Waals surface area (Å²) in [6.07, 6.45) is 0. The Morgan fingerprint density at radius 3 is 1.78 bits per heavy atom. The van der Waals surface area contributed by atoms with E-state index < -0.39 is 0 Å². The number of aromatic hydroxyl groups is 1. The van der Waals surface area contributed by atoms with Crippen LogP contribution in [0.3, 0.4) is 0 Å². The number of phenolic OH excluding ortho intramolecular Hbond substituents is 1. The molecule has 0 unspecified atom stereocenters. The second-order valence-electron chi connectivity index (χ2n) is 5.38. The molecule has 0 radical (unpaired) electrons. The first kappa shape index (κ1) is 13.5. The number of rotatable bonds is 2. The molecule has 1 N–H and O–H groups in total. The average molecular weight is 298 g/mol. The van der Waals surface area contributed by atoms with Gasteiger partial charge in [-0.05, 0) is 41.1 Å². The topological polar surface area (TPSA) is 45.0 Å². The second-order valence-corrected chi connectivity index (χ2v) is 5.38. The van der Waals surface area contributed by atoms with Gasteiger partial charge in [-0.1, -0.05) is 48.5 Å². The zero-order chi connectivity index (χ0) is 15.6. The SMILES string of the molecule is Oc1ccc(N=Nc2c3ccccc3cc3ccccc23)cc1. The maximum atomic E-state index is 9.35. The molecule has 4 rings (SSSR count). The molecule has 3 heteroatoms. The lowest BCUT2D eigenvalue weighted by Crippen LogP contribution is -1.78. The molecule has 0 aromatic heterocycles.